The Kier molecular flexibility index (Phi) is 7.20. The van der Waals surface area contributed by atoms with Crippen molar-refractivity contribution < 1.29 is 14.3 Å². The third kappa shape index (κ3) is 5.91. The first-order chi connectivity index (χ1) is 14.4. The Morgan fingerprint density at radius 1 is 0.967 bits per heavy atom. The van der Waals surface area contributed by atoms with Crippen molar-refractivity contribution in [3.8, 4) is 11.5 Å². The van der Waals surface area contributed by atoms with Gasteiger partial charge in [-0.2, -0.15) is 0 Å². The van der Waals surface area contributed by atoms with Gasteiger partial charge < -0.3 is 20.1 Å². The third-order valence-electron chi connectivity index (χ3n) is 4.49. The van der Waals surface area contributed by atoms with Crippen LogP contribution in [0.4, 0.5) is 11.4 Å². The molecule has 0 saturated carbocycles. The molecule has 0 saturated heterocycles. The van der Waals surface area contributed by atoms with Crippen LogP contribution in [0.1, 0.15) is 16.7 Å². The molecular formula is C24H25ClN2O3. The van der Waals surface area contributed by atoms with Gasteiger partial charge >= 0.3 is 0 Å². The summed E-state index contributed by atoms with van der Waals surface area (Å²) in [7, 11) is 1.54. The van der Waals surface area contributed by atoms with Crippen molar-refractivity contribution in [2.24, 2.45) is 0 Å². The van der Waals surface area contributed by atoms with Gasteiger partial charge in [0.2, 0.25) is 0 Å². The molecule has 3 aromatic rings. The fraction of sp³-hybridized carbons (Fsp3) is 0.208. The summed E-state index contributed by atoms with van der Waals surface area (Å²) < 4.78 is 11.1. The lowest BCUT2D eigenvalue weighted by molar-refractivity contribution is -0.118. The molecule has 0 unspecified atom stereocenters. The second-order valence-corrected chi connectivity index (χ2v) is 7.44. The summed E-state index contributed by atoms with van der Waals surface area (Å²) in [4.78, 5) is 12.2. The van der Waals surface area contributed by atoms with Crippen LogP contribution in [0.3, 0.4) is 0 Å². The summed E-state index contributed by atoms with van der Waals surface area (Å²) in [6, 6.07) is 19.4. The van der Waals surface area contributed by atoms with Crippen LogP contribution in [-0.2, 0) is 11.3 Å². The van der Waals surface area contributed by atoms with Crippen molar-refractivity contribution in [2.45, 2.75) is 20.4 Å². The largest absolute Gasteiger partial charge is 0.493 e. The van der Waals surface area contributed by atoms with E-state index in [-0.39, 0.29) is 12.5 Å². The second kappa shape index (κ2) is 10.0. The van der Waals surface area contributed by atoms with Gasteiger partial charge in [0, 0.05) is 17.9 Å². The first kappa shape index (κ1) is 21.5. The van der Waals surface area contributed by atoms with Gasteiger partial charge in [0.15, 0.2) is 18.1 Å². The zero-order chi connectivity index (χ0) is 21.5. The fourth-order valence-corrected chi connectivity index (χ4v) is 3.24. The molecule has 3 rings (SSSR count). The summed E-state index contributed by atoms with van der Waals surface area (Å²) in [5.41, 5.74) is 4.95. The highest BCUT2D eigenvalue weighted by molar-refractivity contribution is 6.32. The number of anilines is 2. The van der Waals surface area contributed by atoms with E-state index in [2.05, 4.69) is 22.8 Å². The Bertz CT molecular complexity index is 1020. The predicted octanol–water partition coefficient (Wildman–Crippen LogP) is 5.60. The summed E-state index contributed by atoms with van der Waals surface area (Å²) in [6.07, 6.45) is 0. The summed E-state index contributed by atoms with van der Waals surface area (Å²) in [5.74, 6) is 0.549. The Morgan fingerprint density at radius 3 is 2.43 bits per heavy atom. The second-order valence-electron chi connectivity index (χ2n) is 7.03. The predicted molar refractivity (Wildman–Crippen MR) is 122 cm³/mol. The molecule has 0 aromatic heterocycles. The van der Waals surface area contributed by atoms with Crippen LogP contribution in [-0.4, -0.2) is 19.6 Å². The van der Waals surface area contributed by atoms with E-state index in [9.17, 15) is 4.79 Å². The van der Waals surface area contributed by atoms with Crippen LogP contribution < -0.4 is 20.1 Å². The molecule has 0 bridgehead atoms. The standard InChI is InChI=1S/C24H25ClN2O3/c1-16-7-9-19(10-8-16)26-14-18-12-21(25)24(22(13-18)29-3)30-15-23(28)27-20-6-4-5-17(2)11-20/h4-13,26H,14-15H2,1-3H3,(H,27,28). The maximum atomic E-state index is 12.2. The third-order valence-corrected chi connectivity index (χ3v) is 4.77. The fourth-order valence-electron chi connectivity index (χ4n) is 2.95. The number of halogens is 1. The molecule has 3 aromatic carbocycles. The number of aryl methyl sites for hydroxylation is 2. The van der Waals surface area contributed by atoms with E-state index >= 15 is 0 Å². The molecular weight excluding hydrogens is 400 g/mol. The van der Waals surface area contributed by atoms with Crippen molar-refractivity contribution in [3.05, 3.63) is 82.4 Å². The van der Waals surface area contributed by atoms with Gasteiger partial charge in [0.25, 0.3) is 5.91 Å². The van der Waals surface area contributed by atoms with Crippen molar-refractivity contribution in [1.82, 2.24) is 0 Å². The van der Waals surface area contributed by atoms with Crippen LogP contribution in [0.5, 0.6) is 11.5 Å². The number of methoxy groups -OCH3 is 1. The van der Waals surface area contributed by atoms with E-state index in [1.807, 2.05) is 56.3 Å². The molecule has 0 atom stereocenters. The van der Waals surface area contributed by atoms with Crippen molar-refractivity contribution in [1.29, 1.82) is 0 Å². The van der Waals surface area contributed by atoms with E-state index in [1.165, 1.54) is 5.56 Å². The van der Waals surface area contributed by atoms with Crippen molar-refractivity contribution >= 4 is 28.9 Å². The number of nitrogens with one attached hydrogen (secondary N) is 2. The van der Waals surface area contributed by atoms with E-state index < -0.39 is 0 Å². The highest BCUT2D eigenvalue weighted by Crippen LogP contribution is 2.36. The average Bonchev–Trinajstić information content (AvgIpc) is 2.72. The number of ether oxygens (including phenoxy) is 2. The number of hydrogen-bond acceptors (Lipinski definition) is 4. The lowest BCUT2D eigenvalue weighted by Gasteiger charge is -2.15. The quantitative estimate of drug-likeness (QED) is 0.494. The van der Waals surface area contributed by atoms with Crippen LogP contribution in [0, 0.1) is 13.8 Å². The van der Waals surface area contributed by atoms with Crippen LogP contribution in [0.2, 0.25) is 5.02 Å². The lowest BCUT2D eigenvalue weighted by atomic mass is 10.2. The molecule has 0 heterocycles. The van der Waals surface area contributed by atoms with Gasteiger partial charge in [0.1, 0.15) is 0 Å². The molecule has 6 heteroatoms. The maximum absolute atomic E-state index is 12.2. The molecule has 156 valence electrons. The Hall–Kier alpha value is -3.18. The monoisotopic (exact) mass is 424 g/mol. The maximum Gasteiger partial charge on any atom is 0.262 e. The Morgan fingerprint density at radius 2 is 1.73 bits per heavy atom. The molecule has 5 nitrogen and oxygen atoms in total. The van der Waals surface area contributed by atoms with E-state index in [0.717, 1.165) is 22.5 Å². The number of amides is 1. The van der Waals surface area contributed by atoms with Crippen LogP contribution in [0.25, 0.3) is 0 Å². The Balaban J connectivity index is 1.63. The van der Waals surface area contributed by atoms with E-state index in [0.29, 0.717) is 23.1 Å². The first-order valence-corrected chi connectivity index (χ1v) is 9.98. The molecule has 0 radical (unpaired) electrons. The molecule has 1 amide bonds. The highest BCUT2D eigenvalue weighted by Gasteiger charge is 2.14. The lowest BCUT2D eigenvalue weighted by Crippen LogP contribution is -2.20. The molecule has 0 aliphatic rings. The van der Waals surface area contributed by atoms with Gasteiger partial charge in [-0.25, -0.2) is 0 Å². The van der Waals surface area contributed by atoms with Gasteiger partial charge in [-0.15, -0.1) is 0 Å². The zero-order valence-corrected chi connectivity index (χ0v) is 18.0. The highest BCUT2D eigenvalue weighted by atomic mass is 35.5. The number of benzene rings is 3. The average molecular weight is 425 g/mol. The smallest absolute Gasteiger partial charge is 0.262 e. The summed E-state index contributed by atoms with van der Waals surface area (Å²) in [5, 5.41) is 6.54. The number of carbonyl (C=O) groups is 1. The molecule has 0 aliphatic carbocycles. The summed E-state index contributed by atoms with van der Waals surface area (Å²) >= 11 is 6.42. The van der Waals surface area contributed by atoms with E-state index in [4.69, 9.17) is 21.1 Å². The molecule has 0 aliphatic heterocycles. The summed E-state index contributed by atoms with van der Waals surface area (Å²) in [6.45, 7) is 4.42. The molecule has 0 fully saturated rings. The zero-order valence-electron chi connectivity index (χ0n) is 17.3. The number of rotatable bonds is 8. The normalized spacial score (nSPS) is 10.4. The van der Waals surface area contributed by atoms with E-state index in [1.54, 1.807) is 13.2 Å². The van der Waals surface area contributed by atoms with Gasteiger partial charge in [-0.3, -0.25) is 4.79 Å². The van der Waals surface area contributed by atoms with Crippen molar-refractivity contribution in [3.63, 3.8) is 0 Å². The number of hydrogen-bond donors (Lipinski definition) is 2. The molecule has 0 spiro atoms. The van der Waals surface area contributed by atoms with Gasteiger partial charge in [-0.1, -0.05) is 41.4 Å². The molecule has 30 heavy (non-hydrogen) atoms. The minimum Gasteiger partial charge on any atom is -0.493 e. The van der Waals surface area contributed by atoms with Gasteiger partial charge in [0.05, 0.1) is 12.1 Å². The van der Waals surface area contributed by atoms with Crippen LogP contribution in [0.15, 0.2) is 60.7 Å². The first-order valence-electron chi connectivity index (χ1n) is 9.61. The minimum atomic E-state index is -0.274. The number of carbonyl (C=O) groups excluding carboxylic acids is 1. The minimum absolute atomic E-state index is 0.176. The van der Waals surface area contributed by atoms with Gasteiger partial charge in [-0.05, 0) is 61.4 Å². The topological polar surface area (TPSA) is 59.6 Å². The van der Waals surface area contributed by atoms with Crippen molar-refractivity contribution in [2.75, 3.05) is 24.4 Å². The Labute approximate surface area is 182 Å². The SMILES string of the molecule is COc1cc(CNc2ccc(C)cc2)cc(Cl)c1OCC(=O)Nc1cccc(C)c1. The molecule has 2 N–H and O–H groups in total. The van der Waals surface area contributed by atoms with Crippen LogP contribution >= 0.6 is 11.6 Å².